The highest BCUT2D eigenvalue weighted by Crippen LogP contribution is 2.39. The molecular formula is C108H121Cl2FN10O5. The van der Waals surface area contributed by atoms with Crippen LogP contribution in [-0.4, -0.2) is 136 Å². The summed E-state index contributed by atoms with van der Waals surface area (Å²) in [6.45, 7) is 10.4. The first-order valence-electron chi connectivity index (χ1n) is 45.5. The molecule has 15 nitrogen and oxygen atoms in total. The molecule has 7 atom stereocenters. The third-order valence-corrected chi connectivity index (χ3v) is 26.8. The topological polar surface area (TPSA) is 206 Å². The maximum atomic E-state index is 14.8. The summed E-state index contributed by atoms with van der Waals surface area (Å²) < 4.78 is 14.8. The molecule has 2 aliphatic carbocycles. The molecule has 654 valence electrons. The fraction of sp³-hybridized carbons (Fsp3) is 0.370. The van der Waals surface area contributed by atoms with Gasteiger partial charge in [0.2, 0.25) is 0 Å². The van der Waals surface area contributed by atoms with Crippen molar-refractivity contribution in [1.29, 1.82) is 0 Å². The van der Waals surface area contributed by atoms with E-state index in [0.717, 1.165) is 152 Å². The number of likely N-dealkylation sites (tertiary alicyclic amines) is 1. The number of nitrogens with zero attached hydrogens (tertiary/aromatic N) is 7. The minimum absolute atomic E-state index is 0.0313. The molecule has 4 N–H and O–H groups in total. The highest BCUT2D eigenvalue weighted by molar-refractivity contribution is 6.36. The molecule has 17 rings (SSSR count). The number of likely N-dealkylation sites (N-methyl/N-ethyl adjacent to an activating group) is 1. The molecule has 13 aromatic rings. The van der Waals surface area contributed by atoms with E-state index in [1.807, 2.05) is 185 Å². The minimum Gasteiger partial charge on any atom is -0.327 e. The Kier molecular flexibility index (Phi) is 35.0. The summed E-state index contributed by atoms with van der Waals surface area (Å²) in [5, 5.41) is 17.9. The number of Topliss-reactive ketones (excluding diaryl/α,β-unsaturated/α-hetero) is 5. The molecule has 18 heteroatoms. The fourth-order valence-corrected chi connectivity index (χ4v) is 19.6. The van der Waals surface area contributed by atoms with E-state index in [4.69, 9.17) is 28.9 Å². The number of fused-ring (bicyclic) bond motifs is 5. The van der Waals surface area contributed by atoms with Crippen molar-refractivity contribution < 1.29 is 28.4 Å². The Labute approximate surface area is 752 Å². The van der Waals surface area contributed by atoms with Gasteiger partial charge in [-0.15, -0.1) is 0 Å². The van der Waals surface area contributed by atoms with Gasteiger partial charge >= 0.3 is 0 Å². The van der Waals surface area contributed by atoms with Crippen molar-refractivity contribution in [2.45, 2.75) is 172 Å². The predicted octanol–water partition coefficient (Wildman–Crippen LogP) is 21.7. The number of ketones is 5. The number of halogens is 3. The fourth-order valence-electron chi connectivity index (χ4n) is 19.1. The molecule has 7 heterocycles. The Morgan fingerprint density at radius 1 is 0.476 bits per heavy atom. The van der Waals surface area contributed by atoms with Crippen LogP contribution >= 0.6 is 23.2 Å². The monoisotopic (exact) mass is 1730 g/mol. The number of benzene rings is 8. The van der Waals surface area contributed by atoms with Gasteiger partial charge in [-0.1, -0.05) is 220 Å². The quantitative estimate of drug-likeness (QED) is 0.0383. The molecule has 5 aromatic heterocycles. The maximum absolute atomic E-state index is 14.8. The van der Waals surface area contributed by atoms with Crippen LogP contribution in [0.4, 0.5) is 4.39 Å². The van der Waals surface area contributed by atoms with E-state index in [1.54, 1.807) is 55.5 Å². The number of rotatable bonds is 30. The average Bonchev–Trinajstić information content (AvgIpc) is 1.25. The van der Waals surface area contributed by atoms with Gasteiger partial charge in [0.05, 0.1) is 16.9 Å². The SMILES string of the molecule is CC(N)[C@@H](C(=O)Cc1cc2ccncc2cc1Cl)C1CCCCC1.CCN(C)C[C@@H](C(=O)Cc1ccc2cnccc2c1F)c1ccccc1.CNCC[C@H](C(=O)Cc1ccc2cnccc2c1)c1ccccc1.O=C(Cc1ccc2cnccc2c1)[C@H](CN1CCCCC1)c1ccccc1.O=C(Cc1ccc2cnccc2c1Cl)[C@@H](C1CCCC1)C1CCCN1. The number of hydrogen-bond donors (Lipinski definition) is 3. The van der Waals surface area contributed by atoms with Crippen molar-refractivity contribution in [2.24, 2.45) is 29.4 Å². The number of nitrogens with two attached hydrogens (primary N) is 1. The minimum atomic E-state index is -0.325. The second kappa shape index (κ2) is 47.3. The molecule has 0 spiro atoms. The molecule has 2 aliphatic heterocycles. The van der Waals surface area contributed by atoms with E-state index in [2.05, 4.69) is 88.7 Å². The second-order valence-corrected chi connectivity index (χ2v) is 35.6. The van der Waals surface area contributed by atoms with Gasteiger partial charge in [0.15, 0.2) is 0 Å². The van der Waals surface area contributed by atoms with Gasteiger partial charge < -0.3 is 26.2 Å². The van der Waals surface area contributed by atoms with Crippen LogP contribution in [0.5, 0.6) is 0 Å². The molecule has 2 unspecified atom stereocenters. The van der Waals surface area contributed by atoms with Crippen LogP contribution in [0.25, 0.3) is 53.9 Å². The van der Waals surface area contributed by atoms with Crippen LogP contribution in [-0.2, 0) is 56.1 Å². The van der Waals surface area contributed by atoms with Crippen LogP contribution in [0.2, 0.25) is 10.0 Å². The van der Waals surface area contributed by atoms with Gasteiger partial charge in [0, 0.05) is 180 Å². The van der Waals surface area contributed by atoms with Crippen molar-refractivity contribution in [3.8, 4) is 0 Å². The molecule has 0 amide bonds. The van der Waals surface area contributed by atoms with Crippen molar-refractivity contribution in [3.05, 3.63) is 316 Å². The molecule has 126 heavy (non-hydrogen) atoms. The van der Waals surface area contributed by atoms with E-state index in [1.165, 1.54) is 70.6 Å². The van der Waals surface area contributed by atoms with Crippen LogP contribution in [0.3, 0.4) is 0 Å². The highest BCUT2D eigenvalue weighted by atomic mass is 35.5. The molecule has 2 saturated carbocycles. The van der Waals surface area contributed by atoms with E-state index in [0.29, 0.717) is 82.7 Å². The van der Waals surface area contributed by atoms with E-state index in [9.17, 15) is 28.4 Å². The number of piperidine rings is 1. The zero-order valence-corrected chi connectivity index (χ0v) is 74.9. The van der Waals surface area contributed by atoms with Crippen LogP contribution in [0.1, 0.15) is 172 Å². The number of pyridine rings is 5. The number of carbonyl (C=O) groups is 5. The lowest BCUT2D eigenvalue weighted by Gasteiger charge is -2.32. The van der Waals surface area contributed by atoms with Gasteiger partial charge in [-0.05, 0) is 226 Å². The molecule has 4 aliphatic rings. The molecule has 0 bridgehead atoms. The normalized spacial score (nSPS) is 16.4. The highest BCUT2D eigenvalue weighted by Gasteiger charge is 2.39. The Hall–Kier alpha value is -10.5. The number of nitrogens with one attached hydrogen (secondary N) is 2. The van der Waals surface area contributed by atoms with Crippen molar-refractivity contribution in [1.82, 2.24) is 45.4 Å². The third kappa shape index (κ3) is 25.7. The molecular weight excluding hydrogens is 1610 g/mol. The Morgan fingerprint density at radius 3 is 1.51 bits per heavy atom. The first-order chi connectivity index (χ1) is 61.5. The second-order valence-electron chi connectivity index (χ2n) is 34.8. The van der Waals surface area contributed by atoms with Crippen LogP contribution in [0.15, 0.2) is 256 Å². The molecule has 4 fully saturated rings. The Morgan fingerprint density at radius 2 is 0.944 bits per heavy atom. The Balaban J connectivity index is 0.000000135. The van der Waals surface area contributed by atoms with Gasteiger partial charge in [0.1, 0.15) is 34.7 Å². The van der Waals surface area contributed by atoms with Crippen LogP contribution < -0.4 is 16.4 Å². The number of carbonyl (C=O) groups excluding carboxylic acids is 5. The molecule has 0 radical (unpaired) electrons. The first kappa shape index (κ1) is 93.1. The van der Waals surface area contributed by atoms with Crippen LogP contribution in [0, 0.1) is 29.5 Å². The summed E-state index contributed by atoms with van der Waals surface area (Å²) in [5.74, 6) is 1.54. The van der Waals surface area contributed by atoms with E-state index in [-0.39, 0.29) is 65.2 Å². The van der Waals surface area contributed by atoms with Gasteiger partial charge in [0.25, 0.3) is 0 Å². The Bertz CT molecular complexity index is 5710. The summed E-state index contributed by atoms with van der Waals surface area (Å²) in [4.78, 5) is 90.6. The standard InChI is InChI=1S/C24H26N2O.C22H23FN2O.C21H25ClN2O.C21H22N2O.C20H25ClN2O/c27-24(16-19-9-10-22-17-25-12-11-21(22)15-19)23(20-7-3-1-4-8-20)18-26-13-5-2-6-14-26;1-3-25(2)15-20(16-7-5-4-6-8-16)21(26)13-17-9-10-18-14-24-12-11-19(18)22(17)23;22-21-15(7-8-16-13-23-11-9-17(16)21)12-19(25)20(14-4-1-2-5-14)18-6-3-10-24-18;1-22-11-10-20(17-5-3-2-4-6-17)21(24)14-16-7-8-19-15-23-12-9-18(19)13-16;1-13(22)20(14-5-3-2-4-6-14)19(24)11-16-9-15-7-8-23-12-17(15)10-18(16)21/h1,3-4,7-12,15,17,23H,2,5-6,13-14,16,18H2;4-12,14,20H,3,13,15H2,1-2H3;7-9,11,13-14,18,20,24H,1-6,10,12H2;2-9,12-13,15,20,22H,10-11,14H2,1H3;7-10,12-14,20H,2-6,11,22H2,1H3/t23-;20-;18?,20-;20-;13?,20-/m11001/s1. The maximum Gasteiger partial charge on any atom is 0.146 e. The number of aromatic nitrogens is 5. The average molecular weight is 1730 g/mol. The lowest BCUT2D eigenvalue weighted by molar-refractivity contribution is -0.125. The zero-order chi connectivity index (χ0) is 88.1. The van der Waals surface area contributed by atoms with Gasteiger partial charge in [-0.3, -0.25) is 48.9 Å². The summed E-state index contributed by atoms with van der Waals surface area (Å²) in [5.41, 5.74) is 13.8. The summed E-state index contributed by atoms with van der Waals surface area (Å²) in [6.07, 6.45) is 37.3. The van der Waals surface area contributed by atoms with E-state index >= 15 is 0 Å². The van der Waals surface area contributed by atoms with Gasteiger partial charge in [-0.25, -0.2) is 4.39 Å². The largest absolute Gasteiger partial charge is 0.327 e. The lowest BCUT2D eigenvalue weighted by atomic mass is 9.74. The predicted molar refractivity (Wildman–Crippen MR) is 512 cm³/mol. The summed E-state index contributed by atoms with van der Waals surface area (Å²) in [6, 6.07) is 63.7. The molecule has 8 aromatic carbocycles. The zero-order valence-electron chi connectivity index (χ0n) is 73.4. The first-order valence-corrected chi connectivity index (χ1v) is 46.2. The summed E-state index contributed by atoms with van der Waals surface area (Å²) in [7, 11) is 3.91. The third-order valence-electron chi connectivity index (χ3n) is 26.0. The van der Waals surface area contributed by atoms with Gasteiger partial charge in [-0.2, -0.15) is 0 Å². The van der Waals surface area contributed by atoms with E-state index < -0.39 is 0 Å². The smallest absolute Gasteiger partial charge is 0.146 e. The summed E-state index contributed by atoms with van der Waals surface area (Å²) >= 11 is 13.0. The van der Waals surface area contributed by atoms with Crippen molar-refractivity contribution in [3.63, 3.8) is 0 Å². The van der Waals surface area contributed by atoms with Crippen molar-refractivity contribution >= 4 is 106 Å². The van der Waals surface area contributed by atoms with Crippen molar-refractivity contribution in [2.75, 3.05) is 59.9 Å². The lowest BCUT2D eigenvalue weighted by Crippen LogP contribution is -2.40. The molecule has 2 saturated heterocycles. The number of hydrogen-bond acceptors (Lipinski definition) is 15.